The quantitative estimate of drug-likeness (QED) is 0.884. The summed E-state index contributed by atoms with van der Waals surface area (Å²) in [5.41, 5.74) is 1.33. The van der Waals surface area contributed by atoms with Crippen molar-refractivity contribution in [1.82, 2.24) is 5.32 Å². The first-order valence-corrected chi connectivity index (χ1v) is 8.28. The average Bonchev–Trinajstić information content (AvgIpc) is 2.39. The maximum absolute atomic E-state index is 6.09. The van der Waals surface area contributed by atoms with Crippen molar-refractivity contribution >= 4 is 15.9 Å². The second kappa shape index (κ2) is 6.27. The zero-order chi connectivity index (χ0) is 13.1. The first kappa shape index (κ1) is 13.4. The summed E-state index contributed by atoms with van der Waals surface area (Å²) in [5, 5.41) is 3.62. The van der Waals surface area contributed by atoms with Crippen molar-refractivity contribution in [2.45, 2.75) is 44.6 Å². The molecule has 1 aliphatic carbocycles. The fourth-order valence-electron chi connectivity index (χ4n) is 2.91. The minimum Gasteiger partial charge on any atom is -0.493 e. The van der Waals surface area contributed by atoms with Gasteiger partial charge in [-0.1, -0.05) is 28.8 Å². The second-order valence-electron chi connectivity index (χ2n) is 5.79. The van der Waals surface area contributed by atoms with Gasteiger partial charge in [0.25, 0.3) is 0 Å². The lowest BCUT2D eigenvalue weighted by Gasteiger charge is -2.28. The van der Waals surface area contributed by atoms with Gasteiger partial charge in [0.05, 0.1) is 6.61 Å². The maximum atomic E-state index is 6.09. The van der Waals surface area contributed by atoms with Gasteiger partial charge in [0.1, 0.15) is 5.75 Å². The minimum absolute atomic E-state index is 0.461. The number of ether oxygens (including phenoxy) is 1. The highest BCUT2D eigenvalue weighted by atomic mass is 79.9. The van der Waals surface area contributed by atoms with Crippen molar-refractivity contribution in [1.29, 1.82) is 0 Å². The molecule has 2 fully saturated rings. The Morgan fingerprint density at radius 1 is 1.16 bits per heavy atom. The molecule has 2 nitrogen and oxygen atoms in total. The number of hydrogen-bond donors (Lipinski definition) is 1. The summed E-state index contributed by atoms with van der Waals surface area (Å²) in [7, 11) is 0. The predicted octanol–water partition coefficient (Wildman–Crippen LogP) is 4.44. The molecule has 0 radical (unpaired) electrons. The van der Waals surface area contributed by atoms with Gasteiger partial charge in [0.15, 0.2) is 0 Å². The molecule has 19 heavy (non-hydrogen) atoms. The molecule has 1 heterocycles. The van der Waals surface area contributed by atoms with Crippen LogP contribution in [0.5, 0.6) is 5.75 Å². The van der Waals surface area contributed by atoms with E-state index in [1.807, 2.05) is 0 Å². The third-order valence-corrected chi connectivity index (χ3v) is 4.85. The van der Waals surface area contributed by atoms with Crippen LogP contribution in [0.2, 0.25) is 0 Å². The van der Waals surface area contributed by atoms with Gasteiger partial charge in [-0.05, 0) is 56.3 Å². The lowest BCUT2D eigenvalue weighted by molar-refractivity contribution is 0.178. The molecule has 0 bridgehead atoms. The van der Waals surface area contributed by atoms with Gasteiger partial charge in [-0.3, -0.25) is 0 Å². The summed E-state index contributed by atoms with van der Waals surface area (Å²) in [6, 6.07) is 6.89. The number of piperidine rings is 1. The Morgan fingerprint density at radius 3 is 2.74 bits per heavy atom. The fourth-order valence-corrected chi connectivity index (χ4v) is 3.29. The van der Waals surface area contributed by atoms with Gasteiger partial charge < -0.3 is 10.1 Å². The Bertz CT molecular complexity index is 425. The smallest absolute Gasteiger partial charge is 0.124 e. The molecular weight excluding hydrogens is 302 g/mol. The molecule has 3 heteroatoms. The lowest BCUT2D eigenvalue weighted by Crippen LogP contribution is -2.27. The van der Waals surface area contributed by atoms with E-state index in [4.69, 9.17) is 4.74 Å². The van der Waals surface area contributed by atoms with Crippen LogP contribution in [0.1, 0.15) is 50.1 Å². The van der Waals surface area contributed by atoms with E-state index in [1.54, 1.807) is 0 Å². The topological polar surface area (TPSA) is 21.3 Å². The third-order valence-electron chi connectivity index (χ3n) is 4.36. The molecule has 1 N–H and O–H groups in total. The SMILES string of the molecule is Brc1ccc(OCC2CCC2)c(C2CCCCN2)c1. The molecular formula is C16H22BrNO. The molecule has 1 atom stereocenters. The lowest BCUT2D eigenvalue weighted by atomic mass is 9.86. The highest BCUT2D eigenvalue weighted by Gasteiger charge is 2.21. The molecule has 1 aliphatic heterocycles. The van der Waals surface area contributed by atoms with Gasteiger partial charge in [-0.15, -0.1) is 0 Å². The van der Waals surface area contributed by atoms with Crippen LogP contribution >= 0.6 is 15.9 Å². The van der Waals surface area contributed by atoms with Crippen LogP contribution in [0.15, 0.2) is 22.7 Å². The molecule has 3 rings (SSSR count). The van der Waals surface area contributed by atoms with Crippen molar-refractivity contribution in [3.63, 3.8) is 0 Å². The normalized spacial score (nSPS) is 23.9. The standard InChI is InChI=1S/C16H22BrNO/c17-13-7-8-16(19-11-12-4-3-5-12)14(10-13)15-6-1-2-9-18-15/h7-8,10,12,15,18H,1-6,9,11H2. The predicted molar refractivity (Wildman–Crippen MR) is 81.6 cm³/mol. The first-order valence-electron chi connectivity index (χ1n) is 7.48. The number of rotatable bonds is 4. The van der Waals surface area contributed by atoms with Crippen LogP contribution in [0.3, 0.4) is 0 Å². The zero-order valence-corrected chi connectivity index (χ0v) is 12.9. The molecule has 1 saturated carbocycles. The molecule has 1 unspecified atom stereocenters. The van der Waals surface area contributed by atoms with Crippen LogP contribution in [0.4, 0.5) is 0 Å². The summed E-state index contributed by atoms with van der Waals surface area (Å²) < 4.78 is 7.23. The highest BCUT2D eigenvalue weighted by molar-refractivity contribution is 9.10. The van der Waals surface area contributed by atoms with Crippen molar-refractivity contribution in [2.75, 3.05) is 13.2 Å². The molecule has 2 aliphatic rings. The van der Waals surface area contributed by atoms with Crippen LogP contribution in [0.25, 0.3) is 0 Å². The Labute approximate surface area is 124 Å². The van der Waals surface area contributed by atoms with Crippen molar-refractivity contribution < 1.29 is 4.74 Å². The van der Waals surface area contributed by atoms with Crippen LogP contribution < -0.4 is 10.1 Å². The Balaban J connectivity index is 1.73. The Morgan fingerprint density at radius 2 is 2.05 bits per heavy atom. The molecule has 1 saturated heterocycles. The van der Waals surface area contributed by atoms with E-state index >= 15 is 0 Å². The van der Waals surface area contributed by atoms with Crippen LogP contribution in [-0.4, -0.2) is 13.2 Å². The fraction of sp³-hybridized carbons (Fsp3) is 0.625. The van der Waals surface area contributed by atoms with Crippen LogP contribution in [0, 0.1) is 5.92 Å². The number of nitrogens with one attached hydrogen (secondary N) is 1. The summed E-state index contributed by atoms with van der Waals surface area (Å²) >= 11 is 3.58. The summed E-state index contributed by atoms with van der Waals surface area (Å²) in [6.07, 6.45) is 7.89. The first-order chi connectivity index (χ1) is 9.33. The van der Waals surface area contributed by atoms with E-state index in [2.05, 4.69) is 39.4 Å². The average molecular weight is 324 g/mol. The summed E-state index contributed by atoms with van der Waals surface area (Å²) in [6.45, 7) is 2.01. The maximum Gasteiger partial charge on any atom is 0.124 e. The van der Waals surface area contributed by atoms with Gasteiger partial charge >= 0.3 is 0 Å². The minimum atomic E-state index is 0.461. The zero-order valence-electron chi connectivity index (χ0n) is 11.3. The molecule has 0 spiro atoms. The molecule has 1 aromatic carbocycles. The van der Waals surface area contributed by atoms with Crippen molar-refractivity contribution in [3.05, 3.63) is 28.2 Å². The Hall–Kier alpha value is -0.540. The second-order valence-corrected chi connectivity index (χ2v) is 6.71. The van der Waals surface area contributed by atoms with Gasteiger partial charge in [0.2, 0.25) is 0 Å². The molecule has 1 aromatic rings. The Kier molecular flexibility index (Phi) is 4.44. The number of halogens is 1. The third kappa shape index (κ3) is 3.32. The van der Waals surface area contributed by atoms with Crippen molar-refractivity contribution in [2.24, 2.45) is 5.92 Å². The molecule has 104 valence electrons. The van der Waals surface area contributed by atoms with Crippen molar-refractivity contribution in [3.8, 4) is 5.75 Å². The van der Waals surface area contributed by atoms with E-state index in [0.717, 1.165) is 29.3 Å². The van der Waals surface area contributed by atoms with E-state index in [9.17, 15) is 0 Å². The summed E-state index contributed by atoms with van der Waals surface area (Å²) in [4.78, 5) is 0. The molecule has 0 aromatic heterocycles. The van der Waals surface area contributed by atoms with Gasteiger partial charge in [-0.2, -0.15) is 0 Å². The van der Waals surface area contributed by atoms with E-state index in [-0.39, 0.29) is 0 Å². The highest BCUT2D eigenvalue weighted by Crippen LogP contribution is 2.34. The van der Waals surface area contributed by atoms with Crippen LogP contribution in [-0.2, 0) is 0 Å². The van der Waals surface area contributed by atoms with Gasteiger partial charge in [-0.25, -0.2) is 0 Å². The van der Waals surface area contributed by atoms with E-state index < -0.39 is 0 Å². The largest absolute Gasteiger partial charge is 0.493 e. The monoisotopic (exact) mass is 323 g/mol. The number of hydrogen-bond acceptors (Lipinski definition) is 2. The molecule has 0 amide bonds. The van der Waals surface area contributed by atoms with E-state index in [0.29, 0.717) is 6.04 Å². The van der Waals surface area contributed by atoms with Gasteiger partial charge in [0, 0.05) is 16.1 Å². The summed E-state index contributed by atoms with van der Waals surface area (Å²) in [5.74, 6) is 1.87. The number of benzene rings is 1. The van der Waals surface area contributed by atoms with E-state index in [1.165, 1.54) is 44.1 Å².